The van der Waals surface area contributed by atoms with E-state index in [0.717, 1.165) is 15.7 Å². The fraction of sp³-hybridized carbons (Fsp3) is 0.0714. The van der Waals surface area contributed by atoms with E-state index in [2.05, 4.69) is 22.6 Å². The van der Waals surface area contributed by atoms with Gasteiger partial charge >= 0.3 is 6.18 Å². The molecule has 2 nitrogen and oxygen atoms in total. The Balaban J connectivity index is 2.34. The summed E-state index contributed by atoms with van der Waals surface area (Å²) in [4.78, 5) is 10.6. The number of ether oxygens (including phenoxy) is 1. The van der Waals surface area contributed by atoms with Gasteiger partial charge in [0, 0.05) is 9.13 Å². The number of hydrogen-bond donors (Lipinski definition) is 0. The highest BCUT2D eigenvalue weighted by Crippen LogP contribution is 2.35. The van der Waals surface area contributed by atoms with Gasteiger partial charge in [0.15, 0.2) is 6.29 Å². The first-order valence-electron chi connectivity index (χ1n) is 5.50. The minimum absolute atomic E-state index is 0.0316. The minimum Gasteiger partial charge on any atom is -0.457 e. The second kappa shape index (κ2) is 5.82. The number of alkyl halides is 3. The Bertz CT molecular complexity index is 621. The molecule has 0 saturated carbocycles. The van der Waals surface area contributed by atoms with Gasteiger partial charge in [0.05, 0.1) is 5.56 Å². The van der Waals surface area contributed by atoms with Crippen LogP contribution in [0.4, 0.5) is 13.2 Å². The van der Waals surface area contributed by atoms with Gasteiger partial charge in [-0.05, 0) is 65.1 Å². The van der Waals surface area contributed by atoms with Crippen LogP contribution in [0.5, 0.6) is 11.5 Å². The number of rotatable bonds is 3. The van der Waals surface area contributed by atoms with Crippen molar-refractivity contribution in [3.05, 3.63) is 57.2 Å². The van der Waals surface area contributed by atoms with Gasteiger partial charge in [-0.25, -0.2) is 0 Å². The number of hydrogen-bond acceptors (Lipinski definition) is 2. The molecule has 0 fully saturated rings. The molecule has 0 aliphatic heterocycles. The lowest BCUT2D eigenvalue weighted by molar-refractivity contribution is -0.137. The molecule has 0 heterocycles. The molecule has 0 saturated heterocycles. The number of halogens is 4. The van der Waals surface area contributed by atoms with Crippen LogP contribution < -0.4 is 4.74 Å². The first kappa shape index (κ1) is 14.8. The van der Waals surface area contributed by atoms with Gasteiger partial charge in [-0.3, -0.25) is 4.79 Å². The lowest BCUT2D eigenvalue weighted by atomic mass is 10.1. The van der Waals surface area contributed by atoms with Crippen LogP contribution in [0.1, 0.15) is 15.9 Å². The second-order valence-electron chi connectivity index (χ2n) is 3.92. The van der Waals surface area contributed by atoms with Crippen LogP contribution in [-0.4, -0.2) is 6.29 Å². The van der Waals surface area contributed by atoms with Gasteiger partial charge in [-0.15, -0.1) is 0 Å². The van der Waals surface area contributed by atoms with Crippen LogP contribution in [-0.2, 0) is 6.18 Å². The Morgan fingerprint density at radius 2 is 1.60 bits per heavy atom. The topological polar surface area (TPSA) is 26.3 Å². The summed E-state index contributed by atoms with van der Waals surface area (Å²) in [5.74, 6) is 0.460. The van der Waals surface area contributed by atoms with E-state index < -0.39 is 17.3 Å². The van der Waals surface area contributed by atoms with Crippen molar-refractivity contribution in [1.29, 1.82) is 0 Å². The van der Waals surface area contributed by atoms with Crippen molar-refractivity contribution in [3.63, 3.8) is 0 Å². The molecule has 2 rings (SSSR count). The molecule has 0 aromatic heterocycles. The van der Waals surface area contributed by atoms with Crippen molar-refractivity contribution in [2.45, 2.75) is 6.18 Å². The largest absolute Gasteiger partial charge is 0.457 e. The maximum Gasteiger partial charge on any atom is 0.417 e. The average molecular weight is 392 g/mol. The van der Waals surface area contributed by atoms with Gasteiger partial charge in [-0.2, -0.15) is 13.2 Å². The predicted molar refractivity (Wildman–Crippen MR) is 76.1 cm³/mol. The van der Waals surface area contributed by atoms with Crippen LogP contribution in [0.15, 0.2) is 42.5 Å². The number of benzene rings is 2. The lowest BCUT2D eigenvalue weighted by Gasteiger charge is -2.12. The second-order valence-corrected chi connectivity index (χ2v) is 5.17. The van der Waals surface area contributed by atoms with E-state index >= 15 is 0 Å². The van der Waals surface area contributed by atoms with Crippen LogP contribution in [0.2, 0.25) is 0 Å². The highest BCUT2D eigenvalue weighted by molar-refractivity contribution is 14.1. The summed E-state index contributed by atoms with van der Waals surface area (Å²) in [5, 5.41) is 0. The van der Waals surface area contributed by atoms with Crippen molar-refractivity contribution in [1.82, 2.24) is 0 Å². The molecule has 0 unspecified atom stereocenters. The van der Waals surface area contributed by atoms with Gasteiger partial charge in [-0.1, -0.05) is 0 Å². The molecule has 0 amide bonds. The summed E-state index contributed by atoms with van der Waals surface area (Å²) in [6.07, 6.45) is -4.42. The molecule has 0 bridgehead atoms. The highest BCUT2D eigenvalue weighted by atomic mass is 127. The van der Waals surface area contributed by atoms with Crippen molar-refractivity contribution in [3.8, 4) is 11.5 Å². The summed E-state index contributed by atoms with van der Waals surface area (Å²) >= 11 is 2.11. The number of carbonyl (C=O) groups excluding carboxylic acids is 1. The molecule has 2 aromatic carbocycles. The van der Waals surface area contributed by atoms with Crippen LogP contribution in [0.3, 0.4) is 0 Å². The number of aldehydes is 1. The molecular formula is C14H8F3IO2. The zero-order valence-corrected chi connectivity index (χ0v) is 12.1. The third-order valence-corrected chi connectivity index (χ3v) is 3.23. The van der Waals surface area contributed by atoms with E-state index in [0.29, 0.717) is 5.75 Å². The molecule has 0 atom stereocenters. The van der Waals surface area contributed by atoms with Crippen molar-refractivity contribution < 1.29 is 22.7 Å². The maximum atomic E-state index is 12.8. The maximum absolute atomic E-state index is 12.8. The van der Waals surface area contributed by atoms with Crippen molar-refractivity contribution in [2.24, 2.45) is 0 Å². The van der Waals surface area contributed by atoms with E-state index in [1.54, 1.807) is 24.3 Å². The molecule has 0 radical (unpaired) electrons. The fourth-order valence-electron chi connectivity index (χ4n) is 1.59. The molecule has 0 aliphatic rings. The van der Waals surface area contributed by atoms with Gasteiger partial charge in [0.1, 0.15) is 11.5 Å². The van der Waals surface area contributed by atoms with E-state index in [9.17, 15) is 18.0 Å². The first-order chi connectivity index (χ1) is 9.40. The monoisotopic (exact) mass is 392 g/mol. The third-order valence-electron chi connectivity index (χ3n) is 2.51. The SMILES string of the molecule is O=Cc1ccc(Oc2ccc(I)cc2)cc1C(F)(F)F. The highest BCUT2D eigenvalue weighted by Gasteiger charge is 2.33. The number of carbonyl (C=O) groups is 1. The van der Waals surface area contributed by atoms with Crippen LogP contribution >= 0.6 is 22.6 Å². The summed E-state index contributed by atoms with van der Waals surface area (Å²) in [6.45, 7) is 0. The average Bonchev–Trinajstić information content (AvgIpc) is 2.40. The quantitative estimate of drug-likeness (QED) is 0.548. The zero-order valence-electron chi connectivity index (χ0n) is 9.95. The molecule has 0 spiro atoms. The Labute approximate surface area is 126 Å². The standard InChI is InChI=1S/C14H8F3IO2/c15-14(16,17)13-7-12(4-1-9(13)8-19)20-11-5-2-10(18)3-6-11/h1-8H. The van der Waals surface area contributed by atoms with Crippen LogP contribution in [0, 0.1) is 3.57 Å². The molecule has 0 N–H and O–H groups in total. The molecule has 2 aromatic rings. The van der Waals surface area contributed by atoms with E-state index in [4.69, 9.17) is 4.74 Å². The van der Waals surface area contributed by atoms with Crippen molar-refractivity contribution in [2.75, 3.05) is 0 Å². The minimum atomic E-state index is -4.60. The van der Waals surface area contributed by atoms with E-state index in [1.165, 1.54) is 6.07 Å². The lowest BCUT2D eigenvalue weighted by Crippen LogP contribution is -2.09. The molecular weight excluding hydrogens is 384 g/mol. The zero-order chi connectivity index (χ0) is 14.8. The summed E-state index contributed by atoms with van der Waals surface area (Å²) in [7, 11) is 0. The molecule has 20 heavy (non-hydrogen) atoms. The smallest absolute Gasteiger partial charge is 0.417 e. The summed E-state index contributed by atoms with van der Waals surface area (Å²) in [5.41, 5.74) is -1.41. The summed E-state index contributed by atoms with van der Waals surface area (Å²) < 4.78 is 44.7. The molecule has 104 valence electrons. The van der Waals surface area contributed by atoms with Crippen molar-refractivity contribution >= 4 is 28.9 Å². The van der Waals surface area contributed by atoms with Crippen LogP contribution in [0.25, 0.3) is 0 Å². The predicted octanol–water partition coefficient (Wildman–Crippen LogP) is 4.91. The van der Waals surface area contributed by atoms with E-state index in [1.807, 2.05) is 0 Å². The molecule has 0 aliphatic carbocycles. The Morgan fingerprint density at radius 3 is 2.15 bits per heavy atom. The Morgan fingerprint density at radius 1 is 1.00 bits per heavy atom. The van der Waals surface area contributed by atoms with Gasteiger partial charge in [0.25, 0.3) is 0 Å². The van der Waals surface area contributed by atoms with Gasteiger partial charge < -0.3 is 4.74 Å². The fourth-order valence-corrected chi connectivity index (χ4v) is 1.95. The Kier molecular flexibility index (Phi) is 4.32. The first-order valence-corrected chi connectivity index (χ1v) is 6.58. The summed E-state index contributed by atoms with van der Waals surface area (Å²) in [6, 6.07) is 10.1. The molecule has 6 heteroatoms. The normalized spacial score (nSPS) is 11.2. The Hall–Kier alpha value is -1.57. The third kappa shape index (κ3) is 3.50. The van der Waals surface area contributed by atoms with Gasteiger partial charge in [0.2, 0.25) is 0 Å². The van der Waals surface area contributed by atoms with E-state index in [-0.39, 0.29) is 12.0 Å².